The van der Waals surface area contributed by atoms with Gasteiger partial charge in [-0.2, -0.15) is 9.40 Å². The van der Waals surface area contributed by atoms with E-state index in [9.17, 15) is 13.2 Å². The zero-order valence-corrected chi connectivity index (χ0v) is 17.6. The van der Waals surface area contributed by atoms with E-state index in [0.29, 0.717) is 17.2 Å². The van der Waals surface area contributed by atoms with Crippen molar-refractivity contribution in [3.8, 4) is 11.5 Å². The maximum Gasteiger partial charge on any atom is 0.267 e. The van der Waals surface area contributed by atoms with E-state index >= 15 is 0 Å². The summed E-state index contributed by atoms with van der Waals surface area (Å²) in [5.41, 5.74) is 0.349. The lowest BCUT2D eigenvalue weighted by atomic mass is 10.2. The first-order valence-electron chi connectivity index (χ1n) is 9.15. The molecule has 0 saturated carbocycles. The van der Waals surface area contributed by atoms with Crippen molar-refractivity contribution >= 4 is 27.5 Å². The van der Waals surface area contributed by atoms with Crippen LogP contribution in [-0.4, -0.2) is 72.2 Å². The molecule has 1 saturated heterocycles. The number of hydrogen-bond donors (Lipinski definition) is 0. The highest BCUT2D eigenvalue weighted by Crippen LogP contribution is 2.32. The summed E-state index contributed by atoms with van der Waals surface area (Å²) < 4.78 is 40.0. The molecule has 3 heterocycles. The highest BCUT2D eigenvalue weighted by molar-refractivity contribution is 7.89. The second-order valence-electron chi connectivity index (χ2n) is 6.92. The van der Waals surface area contributed by atoms with Crippen molar-refractivity contribution in [3.05, 3.63) is 35.1 Å². The van der Waals surface area contributed by atoms with E-state index in [1.54, 1.807) is 31.0 Å². The summed E-state index contributed by atoms with van der Waals surface area (Å²) >= 11 is 6.14. The van der Waals surface area contributed by atoms with Gasteiger partial charge in [0.25, 0.3) is 5.91 Å². The molecule has 1 amide bonds. The Hall–Kier alpha value is -2.30. The topological polar surface area (TPSA) is 94.0 Å². The number of aromatic nitrogens is 2. The van der Waals surface area contributed by atoms with E-state index in [1.165, 1.54) is 8.99 Å². The van der Waals surface area contributed by atoms with Crippen LogP contribution in [0.2, 0.25) is 5.15 Å². The summed E-state index contributed by atoms with van der Waals surface area (Å²) in [5, 5.41) is 4.15. The van der Waals surface area contributed by atoms with Gasteiger partial charge in [0.05, 0.1) is 5.69 Å². The fourth-order valence-electron chi connectivity index (χ4n) is 3.53. The number of piperazine rings is 1. The number of carbonyl (C=O) groups excluding carboxylic acids is 1. The summed E-state index contributed by atoms with van der Waals surface area (Å²) in [6.07, 6.45) is -0.747. The zero-order chi connectivity index (χ0) is 20.8. The second kappa shape index (κ2) is 7.51. The lowest BCUT2D eigenvalue weighted by molar-refractivity contribution is -0.142. The third kappa shape index (κ3) is 3.56. The first kappa shape index (κ1) is 20.0. The van der Waals surface area contributed by atoms with Gasteiger partial charge in [0.15, 0.2) is 11.5 Å². The number of hydrogen-bond acceptors (Lipinski definition) is 6. The number of rotatable bonds is 3. The van der Waals surface area contributed by atoms with Crippen molar-refractivity contribution in [2.75, 3.05) is 32.8 Å². The highest BCUT2D eigenvalue weighted by atomic mass is 35.5. The van der Waals surface area contributed by atoms with E-state index in [2.05, 4.69) is 5.10 Å². The average Bonchev–Trinajstić information content (AvgIpc) is 2.99. The van der Waals surface area contributed by atoms with Crippen LogP contribution < -0.4 is 9.47 Å². The maximum atomic E-state index is 13.0. The molecule has 0 radical (unpaired) electrons. The normalized spacial score (nSPS) is 20.0. The van der Waals surface area contributed by atoms with E-state index in [4.69, 9.17) is 21.1 Å². The number of carbonyl (C=O) groups is 1. The predicted molar refractivity (Wildman–Crippen MR) is 105 cm³/mol. The Kier molecular flexibility index (Phi) is 5.18. The Labute approximate surface area is 173 Å². The van der Waals surface area contributed by atoms with Crippen LogP contribution in [0.1, 0.15) is 5.69 Å². The highest BCUT2D eigenvalue weighted by Gasteiger charge is 2.37. The van der Waals surface area contributed by atoms with Crippen LogP contribution in [-0.2, 0) is 21.9 Å². The third-order valence-electron chi connectivity index (χ3n) is 5.03. The van der Waals surface area contributed by atoms with E-state index in [1.807, 2.05) is 12.1 Å². The molecule has 1 aromatic heterocycles. The van der Waals surface area contributed by atoms with Gasteiger partial charge in [-0.25, -0.2) is 8.42 Å². The van der Waals surface area contributed by atoms with Gasteiger partial charge in [-0.15, -0.1) is 0 Å². The molecular weight excluding hydrogens is 420 g/mol. The van der Waals surface area contributed by atoms with Crippen LogP contribution in [0.15, 0.2) is 29.2 Å². The van der Waals surface area contributed by atoms with E-state index in [-0.39, 0.29) is 48.7 Å². The Morgan fingerprint density at radius 1 is 1.17 bits per heavy atom. The van der Waals surface area contributed by atoms with Gasteiger partial charge in [0, 0.05) is 33.2 Å². The molecule has 2 aliphatic heterocycles. The van der Waals surface area contributed by atoms with Gasteiger partial charge < -0.3 is 14.4 Å². The molecule has 29 heavy (non-hydrogen) atoms. The monoisotopic (exact) mass is 440 g/mol. The number of sulfonamides is 1. The quantitative estimate of drug-likeness (QED) is 0.708. The number of benzene rings is 1. The molecule has 4 rings (SSSR count). The summed E-state index contributed by atoms with van der Waals surface area (Å²) in [6.45, 7) is 2.59. The number of halogens is 1. The van der Waals surface area contributed by atoms with Crippen molar-refractivity contribution in [1.82, 2.24) is 19.0 Å². The minimum Gasteiger partial charge on any atom is -0.485 e. The van der Waals surface area contributed by atoms with Crippen molar-refractivity contribution in [1.29, 1.82) is 0 Å². The molecule has 11 heteroatoms. The fraction of sp³-hybridized carbons (Fsp3) is 0.444. The smallest absolute Gasteiger partial charge is 0.267 e. The Morgan fingerprint density at radius 3 is 2.45 bits per heavy atom. The molecule has 0 bridgehead atoms. The van der Waals surface area contributed by atoms with Gasteiger partial charge in [0.1, 0.15) is 16.7 Å². The van der Waals surface area contributed by atoms with Crippen LogP contribution in [0, 0.1) is 6.92 Å². The van der Waals surface area contributed by atoms with Crippen LogP contribution in [0.25, 0.3) is 0 Å². The zero-order valence-electron chi connectivity index (χ0n) is 16.0. The summed E-state index contributed by atoms with van der Waals surface area (Å²) in [6, 6.07) is 7.18. The first-order chi connectivity index (χ1) is 13.8. The van der Waals surface area contributed by atoms with Crippen molar-refractivity contribution in [3.63, 3.8) is 0 Å². The summed E-state index contributed by atoms with van der Waals surface area (Å²) in [4.78, 5) is 14.4. The largest absolute Gasteiger partial charge is 0.485 e. The molecule has 156 valence electrons. The Bertz CT molecular complexity index is 1050. The van der Waals surface area contributed by atoms with Crippen LogP contribution in [0.4, 0.5) is 0 Å². The molecule has 9 nitrogen and oxygen atoms in total. The predicted octanol–water partition coefficient (Wildman–Crippen LogP) is 1.05. The first-order valence-corrected chi connectivity index (χ1v) is 11.0. The Morgan fingerprint density at radius 2 is 1.83 bits per heavy atom. The molecule has 1 aromatic carbocycles. The van der Waals surface area contributed by atoms with Crippen molar-refractivity contribution in [2.24, 2.45) is 7.05 Å². The van der Waals surface area contributed by atoms with Crippen molar-refractivity contribution in [2.45, 2.75) is 17.9 Å². The van der Waals surface area contributed by atoms with Crippen LogP contribution in [0.3, 0.4) is 0 Å². The molecule has 0 N–H and O–H groups in total. The average molecular weight is 441 g/mol. The number of nitrogens with zero attached hydrogens (tertiary/aromatic N) is 4. The van der Waals surface area contributed by atoms with E-state index in [0.717, 1.165) is 0 Å². The molecule has 0 spiro atoms. The molecule has 2 aliphatic rings. The molecule has 0 aliphatic carbocycles. The lowest BCUT2D eigenvalue weighted by Gasteiger charge is -2.36. The number of aryl methyl sites for hydroxylation is 2. The summed E-state index contributed by atoms with van der Waals surface area (Å²) in [7, 11) is -2.20. The molecule has 1 fully saturated rings. The Balaban J connectivity index is 1.42. The molecular formula is C18H21ClN4O5S. The minimum atomic E-state index is -3.79. The van der Waals surface area contributed by atoms with Gasteiger partial charge in [-0.05, 0) is 19.1 Å². The van der Waals surface area contributed by atoms with Gasteiger partial charge in [-0.3, -0.25) is 9.48 Å². The number of para-hydroxylation sites is 2. The van der Waals surface area contributed by atoms with Gasteiger partial charge in [0.2, 0.25) is 16.1 Å². The standard InChI is InChI=1S/C18H21ClN4O5S/c1-12-16(17(19)21(2)20-12)29(25,26)23-9-7-22(8-10-23)18(24)15-11-27-13-5-3-4-6-14(13)28-15/h3-6,15H,7-11H2,1-2H3. The number of ether oxygens (including phenoxy) is 2. The van der Waals surface area contributed by atoms with Gasteiger partial charge in [-0.1, -0.05) is 23.7 Å². The SMILES string of the molecule is Cc1nn(C)c(Cl)c1S(=O)(=O)N1CCN(C(=O)C2COc3ccccc3O2)CC1. The minimum absolute atomic E-state index is 0.0158. The molecule has 2 aromatic rings. The lowest BCUT2D eigenvalue weighted by Crippen LogP contribution is -2.55. The van der Waals surface area contributed by atoms with Crippen LogP contribution >= 0.6 is 11.6 Å². The summed E-state index contributed by atoms with van der Waals surface area (Å²) in [5.74, 6) is 0.920. The second-order valence-corrected chi connectivity index (χ2v) is 9.16. The van der Waals surface area contributed by atoms with E-state index < -0.39 is 16.1 Å². The maximum absolute atomic E-state index is 13.0. The number of fused-ring (bicyclic) bond motifs is 1. The third-order valence-corrected chi connectivity index (χ3v) is 7.63. The molecule has 1 atom stereocenters. The van der Waals surface area contributed by atoms with Gasteiger partial charge >= 0.3 is 0 Å². The molecule has 1 unspecified atom stereocenters. The number of amides is 1. The fourth-order valence-corrected chi connectivity index (χ4v) is 5.65. The van der Waals surface area contributed by atoms with Crippen LogP contribution in [0.5, 0.6) is 11.5 Å². The van der Waals surface area contributed by atoms with Crippen molar-refractivity contribution < 1.29 is 22.7 Å².